The van der Waals surface area contributed by atoms with Gasteiger partial charge < -0.3 is 4.74 Å². The third-order valence-electron chi connectivity index (χ3n) is 4.59. The maximum Gasteiger partial charge on any atom is 0.136 e. The van der Waals surface area contributed by atoms with Crippen LogP contribution >= 0.6 is 0 Å². The van der Waals surface area contributed by atoms with Crippen molar-refractivity contribution in [1.82, 2.24) is 0 Å². The van der Waals surface area contributed by atoms with Crippen LogP contribution in [0, 0.1) is 11.8 Å². The van der Waals surface area contributed by atoms with E-state index in [1.165, 1.54) is 11.1 Å². The first-order valence-electron chi connectivity index (χ1n) is 7.47. The first-order valence-corrected chi connectivity index (χ1v) is 7.47. The van der Waals surface area contributed by atoms with Crippen molar-refractivity contribution in [1.29, 1.82) is 0 Å². The molecule has 2 heteroatoms. The molecule has 0 N–H and O–H groups in total. The minimum absolute atomic E-state index is 0.239. The lowest BCUT2D eigenvalue weighted by atomic mass is 9.77. The van der Waals surface area contributed by atoms with E-state index in [-0.39, 0.29) is 5.92 Å². The summed E-state index contributed by atoms with van der Waals surface area (Å²) in [5.74, 6) is 1.28. The van der Waals surface area contributed by atoms with Crippen molar-refractivity contribution >= 4 is 5.78 Å². The van der Waals surface area contributed by atoms with Gasteiger partial charge in [0, 0.05) is 18.9 Å². The van der Waals surface area contributed by atoms with E-state index in [1.54, 1.807) is 0 Å². The molecule has 2 aliphatic rings. The Morgan fingerprint density at radius 3 is 2.42 bits per heavy atom. The predicted molar refractivity (Wildman–Crippen MR) is 75.1 cm³/mol. The van der Waals surface area contributed by atoms with Gasteiger partial charge in [0.2, 0.25) is 0 Å². The van der Waals surface area contributed by atoms with Crippen molar-refractivity contribution in [3.63, 3.8) is 0 Å². The predicted octanol–water partition coefficient (Wildman–Crippen LogP) is 3.18. The summed E-state index contributed by atoms with van der Waals surface area (Å²) >= 11 is 0. The molecule has 2 nitrogen and oxygen atoms in total. The van der Waals surface area contributed by atoms with Crippen LogP contribution in [0.4, 0.5) is 0 Å². The number of rotatable bonds is 5. The quantitative estimate of drug-likeness (QED) is 0.811. The van der Waals surface area contributed by atoms with Crippen LogP contribution in [-0.4, -0.2) is 18.5 Å². The molecule has 0 saturated heterocycles. The van der Waals surface area contributed by atoms with Crippen molar-refractivity contribution in [3.05, 3.63) is 35.4 Å². The van der Waals surface area contributed by atoms with Gasteiger partial charge in [0.05, 0.1) is 6.10 Å². The van der Waals surface area contributed by atoms with E-state index in [4.69, 9.17) is 4.74 Å². The molecule has 0 atom stereocenters. The van der Waals surface area contributed by atoms with Gasteiger partial charge in [0.15, 0.2) is 0 Å². The monoisotopic (exact) mass is 258 g/mol. The molecule has 0 bridgehead atoms. The fourth-order valence-corrected chi connectivity index (χ4v) is 3.45. The average molecular weight is 258 g/mol. The molecule has 0 aromatic heterocycles. The Kier molecular flexibility index (Phi) is 3.69. The molecule has 1 aromatic carbocycles. The van der Waals surface area contributed by atoms with Gasteiger partial charge in [0.25, 0.3) is 0 Å². The van der Waals surface area contributed by atoms with E-state index in [0.29, 0.717) is 17.8 Å². The maximum absolute atomic E-state index is 12.3. The van der Waals surface area contributed by atoms with Crippen molar-refractivity contribution in [2.45, 2.75) is 45.1 Å². The van der Waals surface area contributed by atoms with Gasteiger partial charge in [0.1, 0.15) is 5.78 Å². The lowest BCUT2D eigenvalue weighted by Crippen LogP contribution is -2.34. The van der Waals surface area contributed by atoms with Crippen molar-refractivity contribution < 1.29 is 9.53 Å². The molecule has 2 aliphatic carbocycles. The summed E-state index contributed by atoms with van der Waals surface area (Å²) in [4.78, 5) is 12.3. The molecule has 1 aromatic rings. The summed E-state index contributed by atoms with van der Waals surface area (Å²) in [5, 5.41) is 0. The lowest BCUT2D eigenvalue weighted by molar-refractivity contribution is -0.125. The number of hydrogen-bond donors (Lipinski definition) is 0. The van der Waals surface area contributed by atoms with Crippen LogP contribution in [0.2, 0.25) is 0 Å². The molecular formula is C17H22O2. The number of carbonyl (C=O) groups is 1. The zero-order valence-corrected chi connectivity index (χ0v) is 11.6. The molecule has 1 saturated carbocycles. The minimum atomic E-state index is 0.239. The van der Waals surface area contributed by atoms with Gasteiger partial charge in [-0.15, -0.1) is 0 Å². The van der Waals surface area contributed by atoms with Crippen molar-refractivity contribution in [3.8, 4) is 0 Å². The second kappa shape index (κ2) is 5.46. The van der Waals surface area contributed by atoms with Crippen LogP contribution in [-0.2, 0) is 22.4 Å². The van der Waals surface area contributed by atoms with Crippen LogP contribution in [0.15, 0.2) is 24.3 Å². The molecule has 0 heterocycles. The normalized spacial score (nSPS) is 25.9. The first-order chi connectivity index (χ1) is 9.26. The van der Waals surface area contributed by atoms with Gasteiger partial charge in [-0.25, -0.2) is 0 Å². The fourth-order valence-electron chi connectivity index (χ4n) is 3.45. The van der Waals surface area contributed by atoms with E-state index in [0.717, 1.165) is 38.7 Å². The van der Waals surface area contributed by atoms with Crippen molar-refractivity contribution in [2.24, 2.45) is 11.8 Å². The highest BCUT2D eigenvalue weighted by Crippen LogP contribution is 2.35. The van der Waals surface area contributed by atoms with Gasteiger partial charge in [-0.1, -0.05) is 24.3 Å². The average Bonchev–Trinajstić information content (AvgIpc) is 2.80. The van der Waals surface area contributed by atoms with E-state index < -0.39 is 0 Å². The number of Topliss-reactive ketones (excluding diaryl/α,β-unsaturated/α-hetero) is 1. The van der Waals surface area contributed by atoms with E-state index in [9.17, 15) is 4.79 Å². The van der Waals surface area contributed by atoms with Crippen LogP contribution in [0.5, 0.6) is 0 Å². The molecule has 1 fully saturated rings. The Balaban J connectivity index is 1.48. The van der Waals surface area contributed by atoms with Gasteiger partial charge >= 0.3 is 0 Å². The largest absolute Gasteiger partial charge is 0.378 e. The van der Waals surface area contributed by atoms with Crippen molar-refractivity contribution in [2.75, 3.05) is 6.61 Å². The second-order valence-corrected chi connectivity index (χ2v) is 5.96. The lowest BCUT2D eigenvalue weighted by Gasteiger charge is -2.35. The zero-order chi connectivity index (χ0) is 13.2. The Bertz CT molecular complexity index is 435. The Labute approximate surface area is 115 Å². The highest BCUT2D eigenvalue weighted by Gasteiger charge is 2.34. The number of hydrogen-bond acceptors (Lipinski definition) is 2. The standard InChI is InChI=1S/C17H22O2/c1-2-19-16-7-12(8-16)9-17(18)15-10-13-5-3-4-6-14(13)11-15/h3-6,12,15-16H,2,7-11H2,1H3. The Morgan fingerprint density at radius 1 is 1.21 bits per heavy atom. The van der Waals surface area contributed by atoms with Gasteiger partial charge in [-0.3, -0.25) is 4.79 Å². The van der Waals surface area contributed by atoms with Crippen LogP contribution < -0.4 is 0 Å². The smallest absolute Gasteiger partial charge is 0.136 e. The van der Waals surface area contributed by atoms with Crippen LogP contribution in [0.25, 0.3) is 0 Å². The molecule has 102 valence electrons. The van der Waals surface area contributed by atoms with E-state index in [1.807, 2.05) is 6.92 Å². The number of ketones is 1. The third kappa shape index (κ3) is 2.74. The SMILES string of the molecule is CCOC1CC(CC(=O)C2Cc3ccccc3C2)C1. The minimum Gasteiger partial charge on any atom is -0.378 e. The number of benzene rings is 1. The molecule has 3 rings (SSSR count). The summed E-state index contributed by atoms with van der Waals surface area (Å²) in [6.07, 6.45) is 5.26. The first kappa shape index (κ1) is 12.9. The Hall–Kier alpha value is -1.15. The molecule has 0 unspecified atom stereocenters. The zero-order valence-electron chi connectivity index (χ0n) is 11.6. The molecule has 0 amide bonds. The van der Waals surface area contributed by atoms with Crippen LogP contribution in [0.1, 0.15) is 37.3 Å². The molecular weight excluding hydrogens is 236 g/mol. The summed E-state index contributed by atoms with van der Waals surface area (Å²) < 4.78 is 5.55. The van der Waals surface area contributed by atoms with E-state index >= 15 is 0 Å². The summed E-state index contributed by atoms with van der Waals surface area (Å²) in [5.41, 5.74) is 2.75. The summed E-state index contributed by atoms with van der Waals surface area (Å²) in [7, 11) is 0. The van der Waals surface area contributed by atoms with Gasteiger partial charge in [-0.2, -0.15) is 0 Å². The second-order valence-electron chi connectivity index (χ2n) is 5.96. The topological polar surface area (TPSA) is 26.3 Å². The molecule has 19 heavy (non-hydrogen) atoms. The molecule has 0 spiro atoms. The molecule has 0 aliphatic heterocycles. The summed E-state index contributed by atoms with van der Waals surface area (Å²) in [6, 6.07) is 8.47. The highest BCUT2D eigenvalue weighted by atomic mass is 16.5. The Morgan fingerprint density at radius 2 is 1.84 bits per heavy atom. The number of ether oxygens (including phenoxy) is 1. The van der Waals surface area contributed by atoms with Gasteiger partial charge in [-0.05, 0) is 49.7 Å². The summed E-state index contributed by atoms with van der Waals surface area (Å²) in [6.45, 7) is 2.83. The molecule has 0 radical (unpaired) electrons. The highest BCUT2D eigenvalue weighted by molar-refractivity contribution is 5.82. The van der Waals surface area contributed by atoms with Crippen LogP contribution in [0.3, 0.4) is 0 Å². The fraction of sp³-hybridized carbons (Fsp3) is 0.588. The maximum atomic E-state index is 12.3. The third-order valence-corrected chi connectivity index (χ3v) is 4.59. The van der Waals surface area contributed by atoms with E-state index in [2.05, 4.69) is 24.3 Å². The number of fused-ring (bicyclic) bond motifs is 1. The number of carbonyl (C=O) groups excluding carboxylic acids is 1.